The lowest BCUT2D eigenvalue weighted by Gasteiger charge is -2.10. The van der Waals surface area contributed by atoms with Gasteiger partial charge in [-0.2, -0.15) is 4.98 Å². The lowest BCUT2D eigenvalue weighted by molar-refractivity contribution is 0.375. The smallest absolute Gasteiger partial charge is 0.226 e. The molecule has 0 aliphatic rings. The van der Waals surface area contributed by atoms with Gasteiger partial charge in [0.2, 0.25) is 5.89 Å². The molecular formula is C14H22N4O. The Morgan fingerprint density at radius 2 is 2.26 bits per heavy atom. The highest BCUT2D eigenvalue weighted by Crippen LogP contribution is 2.06. The van der Waals surface area contributed by atoms with Crippen LogP contribution in [0.4, 0.5) is 0 Å². The fourth-order valence-corrected chi connectivity index (χ4v) is 1.90. The number of nitrogens with one attached hydrogen (secondary N) is 1. The zero-order valence-corrected chi connectivity index (χ0v) is 11.9. The zero-order valence-electron chi connectivity index (χ0n) is 11.9. The molecule has 0 fully saturated rings. The molecule has 5 heteroatoms. The van der Waals surface area contributed by atoms with Gasteiger partial charge in [0, 0.05) is 24.9 Å². The van der Waals surface area contributed by atoms with E-state index in [4.69, 9.17) is 4.52 Å². The van der Waals surface area contributed by atoms with E-state index in [0.717, 1.165) is 25.3 Å². The van der Waals surface area contributed by atoms with Gasteiger partial charge < -0.3 is 14.4 Å². The molecule has 0 spiro atoms. The van der Waals surface area contributed by atoms with Crippen LogP contribution >= 0.6 is 0 Å². The van der Waals surface area contributed by atoms with Crippen LogP contribution < -0.4 is 5.32 Å². The quantitative estimate of drug-likeness (QED) is 0.831. The highest BCUT2D eigenvalue weighted by atomic mass is 16.5. The highest BCUT2D eigenvalue weighted by Gasteiger charge is 2.07. The summed E-state index contributed by atoms with van der Waals surface area (Å²) < 4.78 is 7.28. The van der Waals surface area contributed by atoms with Gasteiger partial charge in [0.05, 0.1) is 6.54 Å². The largest absolute Gasteiger partial charge is 0.342 e. The summed E-state index contributed by atoms with van der Waals surface area (Å²) in [6.07, 6.45) is 2.83. The van der Waals surface area contributed by atoms with Crippen LogP contribution in [0.5, 0.6) is 0 Å². The van der Waals surface area contributed by atoms with Crippen molar-refractivity contribution in [1.29, 1.82) is 0 Å². The van der Waals surface area contributed by atoms with E-state index >= 15 is 0 Å². The third-order valence-corrected chi connectivity index (χ3v) is 2.91. The summed E-state index contributed by atoms with van der Waals surface area (Å²) in [5.74, 6) is 2.09. The van der Waals surface area contributed by atoms with Gasteiger partial charge in [0.25, 0.3) is 0 Å². The molecule has 0 unspecified atom stereocenters. The first kappa shape index (κ1) is 13.8. The van der Waals surface area contributed by atoms with Crippen LogP contribution in [0.15, 0.2) is 22.9 Å². The zero-order chi connectivity index (χ0) is 13.7. The van der Waals surface area contributed by atoms with Gasteiger partial charge in [-0.15, -0.1) is 0 Å². The monoisotopic (exact) mass is 262 g/mol. The topological polar surface area (TPSA) is 55.9 Å². The molecule has 0 aromatic carbocycles. The summed E-state index contributed by atoms with van der Waals surface area (Å²) in [6, 6.07) is 4.17. The van der Waals surface area contributed by atoms with Crippen molar-refractivity contribution in [1.82, 2.24) is 20.0 Å². The maximum atomic E-state index is 5.12. The summed E-state index contributed by atoms with van der Waals surface area (Å²) in [4.78, 5) is 4.33. The van der Waals surface area contributed by atoms with E-state index in [1.54, 1.807) is 0 Å². The second-order valence-corrected chi connectivity index (χ2v) is 5.11. The van der Waals surface area contributed by atoms with E-state index in [2.05, 4.69) is 39.9 Å². The number of hydrogen-bond donors (Lipinski definition) is 1. The Kier molecular flexibility index (Phi) is 4.74. The molecule has 0 atom stereocenters. The molecule has 0 radical (unpaired) electrons. The number of rotatable bonds is 7. The SMILES string of the molecule is CCc1nc(Cn2cccc2CNCC(C)C)no1. The Hall–Kier alpha value is -1.62. The second kappa shape index (κ2) is 6.52. The Balaban J connectivity index is 1.95. The molecule has 0 amide bonds. The number of aryl methyl sites for hydroxylation is 1. The molecule has 0 aliphatic heterocycles. The van der Waals surface area contributed by atoms with E-state index in [9.17, 15) is 0 Å². The minimum atomic E-state index is 0.660. The van der Waals surface area contributed by atoms with Crippen LogP contribution in [0.2, 0.25) is 0 Å². The summed E-state index contributed by atoms with van der Waals surface area (Å²) in [5, 5.41) is 7.43. The van der Waals surface area contributed by atoms with Crippen molar-refractivity contribution >= 4 is 0 Å². The molecule has 0 bridgehead atoms. The van der Waals surface area contributed by atoms with E-state index in [0.29, 0.717) is 18.4 Å². The van der Waals surface area contributed by atoms with Gasteiger partial charge in [-0.3, -0.25) is 0 Å². The first-order chi connectivity index (χ1) is 9.19. The lowest BCUT2D eigenvalue weighted by Crippen LogP contribution is -2.21. The van der Waals surface area contributed by atoms with E-state index in [1.807, 2.05) is 19.2 Å². The first-order valence-electron chi connectivity index (χ1n) is 6.85. The van der Waals surface area contributed by atoms with Crippen molar-refractivity contribution in [3.05, 3.63) is 35.7 Å². The maximum Gasteiger partial charge on any atom is 0.226 e. The second-order valence-electron chi connectivity index (χ2n) is 5.11. The normalized spacial score (nSPS) is 11.4. The molecule has 2 rings (SSSR count). The number of hydrogen-bond acceptors (Lipinski definition) is 4. The molecule has 0 saturated heterocycles. The van der Waals surface area contributed by atoms with Gasteiger partial charge in [-0.25, -0.2) is 0 Å². The third kappa shape index (κ3) is 3.92. The Morgan fingerprint density at radius 1 is 1.42 bits per heavy atom. The minimum absolute atomic E-state index is 0.660. The van der Waals surface area contributed by atoms with Crippen molar-refractivity contribution in [2.45, 2.75) is 40.3 Å². The van der Waals surface area contributed by atoms with Crippen LogP contribution in [0.25, 0.3) is 0 Å². The minimum Gasteiger partial charge on any atom is -0.342 e. The van der Waals surface area contributed by atoms with Crippen molar-refractivity contribution < 1.29 is 4.52 Å². The van der Waals surface area contributed by atoms with Gasteiger partial charge >= 0.3 is 0 Å². The van der Waals surface area contributed by atoms with E-state index < -0.39 is 0 Å². The predicted octanol–water partition coefficient (Wildman–Crippen LogP) is 2.23. The summed E-state index contributed by atoms with van der Waals surface area (Å²) in [5.41, 5.74) is 1.24. The van der Waals surface area contributed by atoms with E-state index in [1.165, 1.54) is 5.69 Å². The third-order valence-electron chi connectivity index (χ3n) is 2.91. The Labute approximate surface area is 114 Å². The first-order valence-corrected chi connectivity index (χ1v) is 6.85. The molecule has 19 heavy (non-hydrogen) atoms. The molecule has 5 nitrogen and oxygen atoms in total. The summed E-state index contributed by atoms with van der Waals surface area (Å²) in [6.45, 7) is 8.97. The fraction of sp³-hybridized carbons (Fsp3) is 0.571. The Bertz CT molecular complexity index is 501. The van der Waals surface area contributed by atoms with E-state index in [-0.39, 0.29) is 0 Å². The van der Waals surface area contributed by atoms with Crippen molar-refractivity contribution in [3.63, 3.8) is 0 Å². The maximum absolute atomic E-state index is 5.12. The molecule has 2 aromatic heterocycles. The number of aromatic nitrogens is 3. The summed E-state index contributed by atoms with van der Waals surface area (Å²) in [7, 11) is 0. The van der Waals surface area contributed by atoms with Gasteiger partial charge in [-0.1, -0.05) is 25.9 Å². The lowest BCUT2D eigenvalue weighted by atomic mass is 10.2. The molecule has 0 aliphatic carbocycles. The van der Waals surface area contributed by atoms with Crippen LogP contribution in [0, 0.1) is 5.92 Å². The van der Waals surface area contributed by atoms with Crippen molar-refractivity contribution in [2.75, 3.05) is 6.54 Å². The predicted molar refractivity (Wildman–Crippen MR) is 73.8 cm³/mol. The van der Waals surface area contributed by atoms with Gasteiger partial charge in [-0.05, 0) is 24.6 Å². The van der Waals surface area contributed by atoms with Gasteiger partial charge in [0.15, 0.2) is 5.82 Å². The van der Waals surface area contributed by atoms with Crippen LogP contribution in [-0.2, 0) is 19.5 Å². The molecule has 2 aromatic rings. The highest BCUT2D eigenvalue weighted by molar-refractivity contribution is 5.08. The van der Waals surface area contributed by atoms with Crippen LogP contribution in [0.1, 0.15) is 38.2 Å². The van der Waals surface area contributed by atoms with Crippen LogP contribution in [0.3, 0.4) is 0 Å². The van der Waals surface area contributed by atoms with Crippen molar-refractivity contribution in [2.24, 2.45) is 5.92 Å². The molecule has 1 N–H and O–H groups in total. The molecule has 0 saturated carbocycles. The van der Waals surface area contributed by atoms with Crippen LogP contribution in [-0.4, -0.2) is 21.3 Å². The fourth-order valence-electron chi connectivity index (χ4n) is 1.90. The van der Waals surface area contributed by atoms with Gasteiger partial charge in [0.1, 0.15) is 0 Å². The molecule has 104 valence electrons. The standard InChI is InChI=1S/C14H22N4O/c1-4-14-16-13(17-19-14)10-18-7-5-6-12(18)9-15-8-11(2)3/h5-7,11,15H,4,8-10H2,1-3H3. The average molecular weight is 262 g/mol. The number of nitrogens with zero attached hydrogens (tertiary/aromatic N) is 3. The van der Waals surface area contributed by atoms with Crippen molar-refractivity contribution in [3.8, 4) is 0 Å². The average Bonchev–Trinajstić information content (AvgIpc) is 2.99. The molecule has 2 heterocycles. The summed E-state index contributed by atoms with van der Waals surface area (Å²) >= 11 is 0. The Morgan fingerprint density at radius 3 is 2.95 bits per heavy atom. The molecular weight excluding hydrogens is 240 g/mol.